The number of nitrogens with zero attached hydrogens (tertiary/aromatic N) is 1. The fourth-order valence-corrected chi connectivity index (χ4v) is 2.82. The molecule has 1 saturated heterocycles. The van der Waals surface area contributed by atoms with E-state index in [2.05, 4.69) is 23.1 Å². The van der Waals surface area contributed by atoms with Gasteiger partial charge in [-0.15, -0.1) is 0 Å². The van der Waals surface area contributed by atoms with Crippen LogP contribution in [0.3, 0.4) is 0 Å². The van der Waals surface area contributed by atoms with Crippen LogP contribution in [-0.2, 0) is 16.6 Å². The molecule has 30 heavy (non-hydrogen) atoms. The van der Waals surface area contributed by atoms with Crippen LogP contribution < -0.4 is 16.2 Å². The van der Waals surface area contributed by atoms with Crippen LogP contribution >= 0.6 is 11.6 Å². The Balaban J connectivity index is 0.000000375. The minimum absolute atomic E-state index is 0.0582. The highest BCUT2D eigenvalue weighted by Gasteiger charge is 2.32. The first-order valence-corrected chi connectivity index (χ1v) is 9.03. The number of aromatic nitrogens is 1. The molecule has 1 amide bonds. The molecule has 1 aromatic heterocycles. The van der Waals surface area contributed by atoms with Gasteiger partial charge < -0.3 is 19.4 Å². The average molecular weight is 449 g/mol. The van der Waals surface area contributed by atoms with E-state index < -0.39 is 28.4 Å². The van der Waals surface area contributed by atoms with Gasteiger partial charge in [-0.25, -0.2) is 18.6 Å². The van der Waals surface area contributed by atoms with E-state index in [1.807, 2.05) is 13.8 Å². The molecule has 3 rings (SSSR count). The van der Waals surface area contributed by atoms with Crippen molar-refractivity contribution in [2.45, 2.75) is 19.4 Å². The summed E-state index contributed by atoms with van der Waals surface area (Å²) in [5, 5.41) is 1.80. The molecule has 1 aliphatic heterocycles. The number of carbonyl (C=O) groups is 2. The van der Waals surface area contributed by atoms with Crippen molar-refractivity contribution in [2.75, 3.05) is 25.6 Å². The Morgan fingerprint density at radius 3 is 2.20 bits per heavy atom. The second-order valence-corrected chi connectivity index (χ2v) is 7.13. The Labute approximate surface area is 177 Å². The molecule has 1 aromatic carbocycles. The Hall–Kier alpha value is -2.40. The summed E-state index contributed by atoms with van der Waals surface area (Å²) in [5.41, 5.74) is 6.20. The maximum Gasteiger partial charge on any atom is 0.275 e. The Morgan fingerprint density at radius 1 is 1.23 bits per heavy atom. The number of hydrazine groups is 1. The maximum atomic E-state index is 13.8. The summed E-state index contributed by atoms with van der Waals surface area (Å²) < 4.78 is 46.2. The summed E-state index contributed by atoms with van der Waals surface area (Å²) >= 11 is 5.47. The van der Waals surface area contributed by atoms with Gasteiger partial charge in [0.25, 0.3) is 5.91 Å². The lowest BCUT2D eigenvalue weighted by Gasteiger charge is -2.38. The van der Waals surface area contributed by atoms with E-state index in [9.17, 15) is 18.0 Å². The Bertz CT molecular complexity index is 865. The summed E-state index contributed by atoms with van der Waals surface area (Å²) in [6.07, 6.45) is 1.45. The minimum Gasteiger partial charge on any atom is -0.377 e. The van der Waals surface area contributed by atoms with Gasteiger partial charge in [-0.3, -0.25) is 10.2 Å². The van der Waals surface area contributed by atoms with Crippen molar-refractivity contribution >= 4 is 30.0 Å². The van der Waals surface area contributed by atoms with E-state index in [4.69, 9.17) is 21.1 Å². The quantitative estimate of drug-likeness (QED) is 0.494. The number of anilines is 1. The zero-order valence-corrected chi connectivity index (χ0v) is 17.8. The number of aryl methyl sites for hydroxylation is 2. The first-order chi connectivity index (χ1) is 14.1. The number of nitrogens with one attached hydrogen (secondary N) is 3. The van der Waals surface area contributed by atoms with E-state index in [0.29, 0.717) is 5.56 Å². The third-order valence-electron chi connectivity index (χ3n) is 4.02. The number of rotatable bonds is 4. The Kier molecular flexibility index (Phi) is 9.50. The number of halogens is 4. The highest BCUT2D eigenvalue weighted by atomic mass is 35.5. The van der Waals surface area contributed by atoms with Crippen molar-refractivity contribution in [3.8, 4) is 0 Å². The summed E-state index contributed by atoms with van der Waals surface area (Å²) in [4.78, 5) is 19.9. The number of ether oxygens (including phenoxy) is 1. The third kappa shape index (κ3) is 6.30. The van der Waals surface area contributed by atoms with Crippen LogP contribution in [-0.4, -0.2) is 43.1 Å². The standard InChI is InChI=1S/C13H10ClF3N2O.C5H12N2O.CH2O/c1-6-5-19(2)12(10(6)16)13(20)18-7-3-8(14)11(17)9(15)4-7;1-5(7-6-2)3-8-4-5;1-2/h3-5H,1-2H3,(H,18,20);6-7H,3-4H2,1-2H3;1H2. The van der Waals surface area contributed by atoms with Crippen LogP contribution in [0.15, 0.2) is 18.3 Å². The molecule has 166 valence electrons. The van der Waals surface area contributed by atoms with E-state index in [0.717, 1.165) is 25.3 Å². The van der Waals surface area contributed by atoms with Gasteiger partial charge in [-0.05, 0) is 27.0 Å². The normalized spacial score (nSPS) is 13.9. The van der Waals surface area contributed by atoms with Crippen molar-refractivity contribution in [3.63, 3.8) is 0 Å². The second kappa shape index (κ2) is 11.1. The van der Waals surface area contributed by atoms with Crippen molar-refractivity contribution < 1.29 is 27.5 Å². The molecule has 0 aliphatic carbocycles. The predicted octanol–water partition coefficient (Wildman–Crippen LogP) is 2.97. The van der Waals surface area contributed by atoms with Gasteiger partial charge in [0.1, 0.15) is 12.5 Å². The molecule has 0 atom stereocenters. The molecule has 7 nitrogen and oxygen atoms in total. The molecule has 1 aliphatic rings. The van der Waals surface area contributed by atoms with Crippen molar-refractivity contribution in [3.05, 3.63) is 52.1 Å². The van der Waals surface area contributed by atoms with Crippen LogP contribution in [0.1, 0.15) is 23.0 Å². The lowest BCUT2D eigenvalue weighted by Crippen LogP contribution is -2.61. The summed E-state index contributed by atoms with van der Waals surface area (Å²) in [7, 11) is 3.37. The number of hydrogen-bond acceptors (Lipinski definition) is 5. The third-order valence-corrected chi connectivity index (χ3v) is 4.29. The van der Waals surface area contributed by atoms with Crippen LogP contribution in [0.4, 0.5) is 18.9 Å². The summed E-state index contributed by atoms with van der Waals surface area (Å²) in [6.45, 7) is 7.26. The molecule has 3 N–H and O–H groups in total. The topological polar surface area (TPSA) is 84.4 Å². The molecular formula is C19H24ClF3N4O3. The van der Waals surface area contributed by atoms with Gasteiger partial charge in [-0.1, -0.05) is 11.6 Å². The fraction of sp³-hybridized carbons (Fsp3) is 0.368. The molecule has 11 heteroatoms. The number of hydrogen-bond donors (Lipinski definition) is 3. The summed E-state index contributed by atoms with van der Waals surface area (Å²) in [5.74, 6) is -3.85. The van der Waals surface area contributed by atoms with Gasteiger partial charge in [0.15, 0.2) is 17.5 Å². The van der Waals surface area contributed by atoms with Crippen LogP contribution in [0, 0.1) is 24.4 Å². The smallest absolute Gasteiger partial charge is 0.275 e. The zero-order valence-electron chi connectivity index (χ0n) is 17.0. The van der Waals surface area contributed by atoms with Gasteiger partial charge in [0, 0.05) is 30.6 Å². The first-order valence-electron chi connectivity index (χ1n) is 8.66. The second-order valence-electron chi connectivity index (χ2n) is 6.72. The lowest BCUT2D eigenvalue weighted by atomic mass is 10.0. The Morgan fingerprint density at radius 2 is 1.83 bits per heavy atom. The maximum absolute atomic E-state index is 13.8. The van der Waals surface area contributed by atoms with Crippen LogP contribution in [0.5, 0.6) is 0 Å². The largest absolute Gasteiger partial charge is 0.377 e. The van der Waals surface area contributed by atoms with Crippen molar-refractivity contribution in [2.24, 2.45) is 7.05 Å². The van der Waals surface area contributed by atoms with E-state index in [-0.39, 0.29) is 16.9 Å². The van der Waals surface area contributed by atoms with Crippen molar-refractivity contribution in [1.29, 1.82) is 0 Å². The highest BCUT2D eigenvalue weighted by Crippen LogP contribution is 2.24. The molecular weight excluding hydrogens is 425 g/mol. The fourth-order valence-electron chi connectivity index (χ4n) is 2.61. The molecule has 0 spiro atoms. The average Bonchev–Trinajstić information content (AvgIpc) is 2.92. The van der Waals surface area contributed by atoms with Gasteiger partial charge in [0.2, 0.25) is 0 Å². The lowest BCUT2D eigenvalue weighted by molar-refractivity contribution is -0.0980. The van der Waals surface area contributed by atoms with Crippen molar-refractivity contribution in [1.82, 2.24) is 15.4 Å². The van der Waals surface area contributed by atoms with Crippen LogP contribution in [0.25, 0.3) is 0 Å². The molecule has 0 radical (unpaired) electrons. The SMILES string of the molecule is C=O.CNNC1(C)COC1.Cc1cn(C)c(C(=O)Nc2cc(F)c(F)c(Cl)c2)c1F. The number of amides is 1. The number of benzene rings is 1. The van der Waals surface area contributed by atoms with Crippen LogP contribution in [0.2, 0.25) is 5.02 Å². The summed E-state index contributed by atoms with van der Waals surface area (Å²) in [6, 6.07) is 1.82. The molecule has 0 saturated carbocycles. The molecule has 2 aromatic rings. The zero-order chi connectivity index (χ0) is 23.1. The molecule has 0 unspecified atom stereocenters. The molecule has 2 heterocycles. The highest BCUT2D eigenvalue weighted by molar-refractivity contribution is 6.31. The van der Waals surface area contributed by atoms with Gasteiger partial charge in [-0.2, -0.15) is 0 Å². The predicted molar refractivity (Wildman–Crippen MR) is 108 cm³/mol. The van der Waals surface area contributed by atoms with E-state index in [1.54, 1.807) is 0 Å². The number of carbonyl (C=O) groups excluding carboxylic acids is 2. The van der Waals surface area contributed by atoms with E-state index in [1.165, 1.54) is 24.7 Å². The minimum atomic E-state index is -1.20. The first kappa shape index (κ1) is 25.6. The van der Waals surface area contributed by atoms with Gasteiger partial charge in [0.05, 0.1) is 23.8 Å². The molecule has 1 fully saturated rings. The molecule has 0 bridgehead atoms. The monoisotopic (exact) mass is 448 g/mol. The van der Waals surface area contributed by atoms with Gasteiger partial charge >= 0.3 is 0 Å². The van der Waals surface area contributed by atoms with E-state index >= 15 is 0 Å².